The first-order valence-corrected chi connectivity index (χ1v) is 8.52. The van der Waals surface area contributed by atoms with Crippen LogP contribution in [-0.4, -0.2) is 13.4 Å². The average molecular weight is 398 g/mol. The highest BCUT2D eigenvalue weighted by molar-refractivity contribution is 6.31. The number of ether oxygens (including phenoxy) is 1. The van der Waals surface area contributed by atoms with Gasteiger partial charge in [-0.3, -0.25) is 4.79 Å². The molecule has 0 spiro atoms. The van der Waals surface area contributed by atoms with E-state index in [9.17, 15) is 18.0 Å². The summed E-state index contributed by atoms with van der Waals surface area (Å²) in [4.78, 5) is 10.9. The average Bonchev–Trinajstić information content (AvgIpc) is 2.64. The second kappa shape index (κ2) is 8.95. The first-order valence-electron chi connectivity index (χ1n) is 8.14. The number of aldehydes is 1. The molecule has 1 atom stereocenters. The Hall–Kier alpha value is -2.47. The molecular formula is C20H19ClF3NO2. The standard InChI is InChI=1S/C20H19ClF3NO2/c1-13(12-26)7-9-18(15-5-3-4-6-17(15)21)25-19-10-8-14(27-2)11-16(19)20(22,23)24/h3-8,10-12,18,25H,9H2,1-2H3/b13-7+. The lowest BCUT2D eigenvalue weighted by molar-refractivity contribution is -0.137. The number of rotatable bonds is 7. The molecule has 2 aromatic carbocycles. The van der Waals surface area contributed by atoms with Crippen molar-refractivity contribution in [3.8, 4) is 5.75 Å². The first kappa shape index (κ1) is 20.8. The summed E-state index contributed by atoms with van der Waals surface area (Å²) >= 11 is 6.24. The number of anilines is 1. The summed E-state index contributed by atoms with van der Waals surface area (Å²) in [6, 6.07) is 10.1. The third kappa shape index (κ3) is 5.50. The van der Waals surface area contributed by atoms with Gasteiger partial charge in [-0.05, 0) is 48.7 Å². The minimum Gasteiger partial charge on any atom is -0.497 e. The molecule has 2 rings (SSSR count). The van der Waals surface area contributed by atoms with E-state index in [0.717, 1.165) is 6.07 Å². The number of halogens is 4. The molecule has 0 bridgehead atoms. The second-order valence-corrected chi connectivity index (χ2v) is 6.34. The topological polar surface area (TPSA) is 38.3 Å². The quantitative estimate of drug-likeness (QED) is 0.456. The maximum Gasteiger partial charge on any atom is 0.418 e. The fourth-order valence-electron chi connectivity index (χ4n) is 2.57. The zero-order valence-electron chi connectivity index (χ0n) is 14.8. The van der Waals surface area contributed by atoms with Crippen LogP contribution in [-0.2, 0) is 11.0 Å². The largest absolute Gasteiger partial charge is 0.497 e. The molecule has 7 heteroatoms. The van der Waals surface area contributed by atoms with Crippen LogP contribution < -0.4 is 10.1 Å². The summed E-state index contributed by atoms with van der Waals surface area (Å²) in [6.45, 7) is 1.63. The zero-order chi connectivity index (χ0) is 20.0. The maximum absolute atomic E-state index is 13.5. The van der Waals surface area contributed by atoms with Gasteiger partial charge in [0.15, 0.2) is 0 Å². The minimum absolute atomic E-state index is 0.0922. The van der Waals surface area contributed by atoms with Gasteiger partial charge in [0.25, 0.3) is 0 Å². The van der Waals surface area contributed by atoms with Gasteiger partial charge in [0.1, 0.15) is 12.0 Å². The molecule has 0 aromatic heterocycles. The number of benzene rings is 2. The predicted molar refractivity (Wildman–Crippen MR) is 100 cm³/mol. The number of carbonyl (C=O) groups is 1. The van der Waals surface area contributed by atoms with E-state index in [0.29, 0.717) is 22.4 Å². The first-order chi connectivity index (χ1) is 12.8. The van der Waals surface area contributed by atoms with Crippen molar-refractivity contribution in [1.82, 2.24) is 0 Å². The molecule has 0 saturated heterocycles. The van der Waals surface area contributed by atoms with Crippen LogP contribution in [0.3, 0.4) is 0 Å². The van der Waals surface area contributed by atoms with Crippen LogP contribution in [0.1, 0.15) is 30.5 Å². The summed E-state index contributed by atoms with van der Waals surface area (Å²) in [7, 11) is 1.31. The Morgan fingerprint density at radius 3 is 2.56 bits per heavy atom. The molecule has 144 valence electrons. The van der Waals surface area contributed by atoms with Crippen LogP contribution >= 0.6 is 11.6 Å². The zero-order valence-corrected chi connectivity index (χ0v) is 15.6. The second-order valence-electron chi connectivity index (χ2n) is 5.93. The summed E-state index contributed by atoms with van der Waals surface area (Å²) in [6.07, 6.45) is -1.92. The highest BCUT2D eigenvalue weighted by atomic mass is 35.5. The molecule has 0 heterocycles. The van der Waals surface area contributed by atoms with Gasteiger partial charge in [-0.2, -0.15) is 13.2 Å². The summed E-state index contributed by atoms with van der Waals surface area (Å²) < 4.78 is 45.4. The lowest BCUT2D eigenvalue weighted by Gasteiger charge is -2.23. The van der Waals surface area contributed by atoms with Gasteiger partial charge < -0.3 is 10.1 Å². The van der Waals surface area contributed by atoms with Gasteiger partial charge in [0.05, 0.1) is 18.7 Å². The molecular weight excluding hydrogens is 379 g/mol. The minimum atomic E-state index is -4.56. The van der Waals surface area contributed by atoms with Crippen molar-refractivity contribution in [2.75, 3.05) is 12.4 Å². The van der Waals surface area contributed by atoms with Gasteiger partial charge >= 0.3 is 6.18 Å². The van der Waals surface area contributed by atoms with Gasteiger partial charge in [0.2, 0.25) is 0 Å². The predicted octanol–water partition coefficient (Wildman–Crippen LogP) is 6.06. The Morgan fingerprint density at radius 1 is 1.26 bits per heavy atom. The van der Waals surface area contributed by atoms with Gasteiger partial charge in [-0.1, -0.05) is 35.9 Å². The Labute approximate surface area is 160 Å². The number of alkyl halides is 3. The van der Waals surface area contributed by atoms with E-state index in [1.165, 1.54) is 19.2 Å². The van der Waals surface area contributed by atoms with Gasteiger partial charge in [-0.15, -0.1) is 0 Å². The van der Waals surface area contributed by atoms with Gasteiger partial charge in [-0.25, -0.2) is 0 Å². The molecule has 0 aliphatic heterocycles. The van der Waals surface area contributed by atoms with Crippen molar-refractivity contribution in [2.45, 2.75) is 25.6 Å². The van der Waals surface area contributed by atoms with E-state index in [2.05, 4.69) is 5.32 Å². The molecule has 3 nitrogen and oxygen atoms in total. The molecule has 0 radical (unpaired) electrons. The van der Waals surface area contributed by atoms with E-state index in [1.807, 2.05) is 0 Å². The number of nitrogens with one attached hydrogen (secondary N) is 1. The molecule has 0 aliphatic rings. The number of hydrogen-bond donors (Lipinski definition) is 1. The summed E-state index contributed by atoms with van der Waals surface area (Å²) in [5.74, 6) is 0.110. The molecule has 1 N–H and O–H groups in total. The Balaban J connectivity index is 2.46. The van der Waals surface area contributed by atoms with E-state index in [1.54, 1.807) is 37.3 Å². The molecule has 1 unspecified atom stereocenters. The van der Waals surface area contributed by atoms with Crippen LogP contribution in [0.15, 0.2) is 54.1 Å². The third-order valence-electron chi connectivity index (χ3n) is 4.00. The smallest absolute Gasteiger partial charge is 0.418 e. The van der Waals surface area contributed by atoms with Crippen LogP contribution in [0.4, 0.5) is 18.9 Å². The molecule has 0 amide bonds. The Morgan fingerprint density at radius 2 is 1.96 bits per heavy atom. The molecule has 2 aromatic rings. The van der Waals surface area contributed by atoms with E-state index < -0.39 is 17.8 Å². The molecule has 0 aliphatic carbocycles. The number of carbonyl (C=O) groups excluding carboxylic acids is 1. The van der Waals surface area contributed by atoms with E-state index >= 15 is 0 Å². The van der Waals surface area contributed by atoms with Crippen molar-refractivity contribution in [3.63, 3.8) is 0 Å². The Bertz CT molecular complexity index is 834. The lowest BCUT2D eigenvalue weighted by atomic mass is 10.0. The van der Waals surface area contributed by atoms with Crippen LogP contribution in [0, 0.1) is 0 Å². The van der Waals surface area contributed by atoms with Crippen LogP contribution in [0.5, 0.6) is 5.75 Å². The normalized spacial score (nSPS) is 13.2. The third-order valence-corrected chi connectivity index (χ3v) is 4.35. The molecule has 0 fully saturated rings. The van der Waals surface area contributed by atoms with E-state index in [-0.39, 0.29) is 17.9 Å². The SMILES string of the molecule is COc1ccc(NC(C/C=C(\C)C=O)c2ccccc2Cl)c(C(F)(F)F)c1. The molecule has 27 heavy (non-hydrogen) atoms. The summed E-state index contributed by atoms with van der Waals surface area (Å²) in [5, 5.41) is 3.35. The monoisotopic (exact) mass is 397 g/mol. The van der Waals surface area contributed by atoms with Crippen LogP contribution in [0.2, 0.25) is 5.02 Å². The van der Waals surface area contributed by atoms with Crippen molar-refractivity contribution < 1.29 is 22.7 Å². The lowest BCUT2D eigenvalue weighted by Crippen LogP contribution is -2.16. The molecule has 0 saturated carbocycles. The highest BCUT2D eigenvalue weighted by Gasteiger charge is 2.34. The number of allylic oxidation sites excluding steroid dienone is 1. The fourth-order valence-corrected chi connectivity index (χ4v) is 2.84. The van der Waals surface area contributed by atoms with Crippen molar-refractivity contribution in [1.29, 1.82) is 0 Å². The fraction of sp³-hybridized carbons (Fsp3) is 0.250. The number of hydrogen-bond acceptors (Lipinski definition) is 3. The van der Waals surface area contributed by atoms with Crippen molar-refractivity contribution in [2.24, 2.45) is 0 Å². The number of methoxy groups -OCH3 is 1. The van der Waals surface area contributed by atoms with Gasteiger partial charge in [0, 0.05) is 10.7 Å². The summed E-state index contributed by atoms with van der Waals surface area (Å²) in [5.41, 5.74) is 0.193. The van der Waals surface area contributed by atoms with Crippen molar-refractivity contribution in [3.05, 3.63) is 70.3 Å². The Kier molecular flexibility index (Phi) is 6.91. The maximum atomic E-state index is 13.5. The van der Waals surface area contributed by atoms with Crippen molar-refractivity contribution >= 4 is 23.6 Å². The highest BCUT2D eigenvalue weighted by Crippen LogP contribution is 2.39. The van der Waals surface area contributed by atoms with E-state index in [4.69, 9.17) is 16.3 Å². The van der Waals surface area contributed by atoms with Crippen LogP contribution in [0.25, 0.3) is 0 Å².